The maximum absolute atomic E-state index is 9.46. The number of rotatable bonds is 2. The third kappa shape index (κ3) is 3.44. The number of hydrogen-bond donors (Lipinski definition) is 0. The van der Waals surface area contributed by atoms with Crippen LogP contribution in [0, 0.1) is 11.3 Å². The fraction of sp³-hybridized carbons (Fsp3) is 0.320. The van der Waals surface area contributed by atoms with Gasteiger partial charge in [-0.1, -0.05) is 18.2 Å². The lowest BCUT2D eigenvalue weighted by Gasteiger charge is -2.39. The second kappa shape index (κ2) is 7.89. The average molecular weight is 396 g/mol. The summed E-state index contributed by atoms with van der Waals surface area (Å²) in [4.78, 5) is 11.9. The van der Waals surface area contributed by atoms with Gasteiger partial charge in [0.25, 0.3) is 0 Å². The van der Waals surface area contributed by atoms with Crippen molar-refractivity contribution in [2.45, 2.75) is 38.4 Å². The van der Waals surface area contributed by atoms with Crippen molar-refractivity contribution in [2.24, 2.45) is 4.99 Å². The molecular weight excluding hydrogens is 372 g/mol. The van der Waals surface area contributed by atoms with Gasteiger partial charge >= 0.3 is 0 Å². The Morgan fingerprint density at radius 1 is 1.07 bits per heavy atom. The van der Waals surface area contributed by atoms with Gasteiger partial charge in [-0.2, -0.15) is 5.26 Å². The molecule has 0 spiro atoms. The Kier molecular flexibility index (Phi) is 4.94. The van der Waals surface area contributed by atoms with Crippen molar-refractivity contribution in [2.75, 3.05) is 18.0 Å². The molecule has 3 heterocycles. The molecule has 5 rings (SSSR count). The van der Waals surface area contributed by atoms with Crippen molar-refractivity contribution in [3.8, 4) is 6.07 Å². The molecule has 3 aromatic rings. The molecule has 2 atom stereocenters. The van der Waals surface area contributed by atoms with Crippen LogP contribution in [0.4, 0.5) is 11.4 Å². The van der Waals surface area contributed by atoms with Crippen LogP contribution in [0.5, 0.6) is 0 Å². The summed E-state index contributed by atoms with van der Waals surface area (Å²) in [6, 6.07) is 18.6. The van der Waals surface area contributed by atoms with Gasteiger partial charge in [0.2, 0.25) is 0 Å². The molecule has 0 saturated carbocycles. The first-order valence-corrected chi connectivity index (χ1v) is 10.6. The zero-order valence-electron chi connectivity index (χ0n) is 17.1. The molecule has 30 heavy (non-hydrogen) atoms. The van der Waals surface area contributed by atoms with E-state index in [0.29, 0.717) is 5.56 Å². The number of para-hydroxylation sites is 1. The van der Waals surface area contributed by atoms with Crippen molar-refractivity contribution >= 4 is 28.0 Å². The molecule has 2 aliphatic rings. The molecular formula is C25H24N4O. The number of benzene rings is 2. The zero-order valence-corrected chi connectivity index (χ0v) is 17.1. The molecule has 0 amide bonds. The Morgan fingerprint density at radius 2 is 1.97 bits per heavy atom. The van der Waals surface area contributed by atoms with E-state index in [1.807, 2.05) is 24.3 Å². The molecule has 5 nitrogen and oxygen atoms in total. The fourth-order valence-corrected chi connectivity index (χ4v) is 4.59. The zero-order chi connectivity index (χ0) is 20.5. The minimum absolute atomic E-state index is 0.0396. The number of morpholine rings is 1. The summed E-state index contributed by atoms with van der Waals surface area (Å²) < 4.78 is 6.36. The average Bonchev–Trinajstić information content (AvgIpc) is 3.00. The summed E-state index contributed by atoms with van der Waals surface area (Å²) in [5, 5.41) is 10.5. The number of fused-ring (bicyclic) bond motifs is 2. The summed E-state index contributed by atoms with van der Waals surface area (Å²) in [6.07, 6.45) is 4.90. The summed E-state index contributed by atoms with van der Waals surface area (Å²) in [5.74, 6) is 0. The van der Waals surface area contributed by atoms with Gasteiger partial charge in [0.15, 0.2) is 0 Å². The van der Waals surface area contributed by atoms with Gasteiger partial charge in [-0.25, -0.2) is 0 Å². The van der Waals surface area contributed by atoms with Crippen molar-refractivity contribution < 1.29 is 4.74 Å². The van der Waals surface area contributed by atoms with E-state index in [-0.39, 0.29) is 12.2 Å². The van der Waals surface area contributed by atoms with Gasteiger partial charge < -0.3 is 9.64 Å². The number of aromatic nitrogens is 1. The first-order chi connectivity index (χ1) is 14.7. The highest BCUT2D eigenvalue weighted by atomic mass is 16.5. The van der Waals surface area contributed by atoms with Gasteiger partial charge in [-0.15, -0.1) is 0 Å². The highest BCUT2D eigenvalue weighted by Crippen LogP contribution is 2.32. The van der Waals surface area contributed by atoms with Crippen LogP contribution in [0.15, 0.2) is 59.7 Å². The van der Waals surface area contributed by atoms with Crippen LogP contribution in [-0.4, -0.2) is 36.0 Å². The van der Waals surface area contributed by atoms with E-state index in [1.165, 1.54) is 5.56 Å². The second-order valence-electron chi connectivity index (χ2n) is 8.07. The van der Waals surface area contributed by atoms with E-state index in [0.717, 1.165) is 60.3 Å². The molecule has 2 aromatic carbocycles. The molecule has 1 saturated heterocycles. The first kappa shape index (κ1) is 18.8. The first-order valence-electron chi connectivity index (χ1n) is 10.6. The summed E-state index contributed by atoms with van der Waals surface area (Å²) in [7, 11) is 0. The largest absolute Gasteiger partial charge is 0.366 e. The monoisotopic (exact) mass is 396 g/mol. The van der Waals surface area contributed by atoms with Crippen LogP contribution in [0.3, 0.4) is 0 Å². The number of ether oxygens (including phenoxy) is 1. The number of aliphatic imine (C=N–C) groups is 1. The lowest BCUT2D eigenvalue weighted by Crippen LogP contribution is -2.49. The molecule has 0 N–H and O–H groups in total. The third-order valence-electron chi connectivity index (χ3n) is 5.97. The van der Waals surface area contributed by atoms with Gasteiger partial charge in [-0.3, -0.25) is 9.98 Å². The molecule has 150 valence electrons. The van der Waals surface area contributed by atoms with Gasteiger partial charge in [-0.05, 0) is 62.1 Å². The summed E-state index contributed by atoms with van der Waals surface area (Å²) in [6.45, 7) is 3.67. The van der Waals surface area contributed by atoms with E-state index in [9.17, 15) is 5.26 Å². The number of pyridine rings is 1. The normalized spacial score (nSPS) is 21.5. The maximum Gasteiger partial charge on any atom is 0.113 e. The highest BCUT2D eigenvalue weighted by Gasteiger charge is 2.30. The topological polar surface area (TPSA) is 61.5 Å². The van der Waals surface area contributed by atoms with E-state index in [4.69, 9.17) is 9.73 Å². The van der Waals surface area contributed by atoms with Gasteiger partial charge in [0.05, 0.1) is 22.9 Å². The van der Waals surface area contributed by atoms with Crippen LogP contribution < -0.4 is 4.90 Å². The van der Waals surface area contributed by atoms with Crippen molar-refractivity contribution in [3.05, 3.63) is 65.9 Å². The number of anilines is 1. The number of nitriles is 1. The van der Waals surface area contributed by atoms with Crippen LogP contribution in [0.25, 0.3) is 10.9 Å². The molecule has 5 heteroatoms. The quantitative estimate of drug-likeness (QED) is 0.624. The fourth-order valence-electron chi connectivity index (χ4n) is 4.59. The third-order valence-corrected chi connectivity index (χ3v) is 5.97. The Hall–Kier alpha value is -3.23. The SMILES string of the molecule is C[C@@H]1CN(c2ccc(C#N)c3ncccc23)C[C@H](C2=Nc3ccccc3CCC2)O1. The Bertz CT molecular complexity index is 1160. The van der Waals surface area contributed by atoms with E-state index in [1.54, 1.807) is 6.20 Å². The van der Waals surface area contributed by atoms with Crippen molar-refractivity contribution in [3.63, 3.8) is 0 Å². The molecule has 0 aliphatic carbocycles. The maximum atomic E-state index is 9.46. The molecule has 0 unspecified atom stereocenters. The lowest BCUT2D eigenvalue weighted by atomic mass is 10.0. The van der Waals surface area contributed by atoms with E-state index >= 15 is 0 Å². The molecule has 2 aliphatic heterocycles. The highest BCUT2D eigenvalue weighted by molar-refractivity contribution is 5.96. The van der Waals surface area contributed by atoms with Crippen LogP contribution >= 0.6 is 0 Å². The standard InChI is InChI=1S/C25H24N4O/c1-17-15-29(23-12-11-19(14-26)25-20(23)8-5-13-27-25)16-24(30-17)22-10-4-7-18-6-2-3-9-21(18)28-22/h2-3,5-6,8-9,11-13,17,24H,4,7,10,15-16H2,1H3/t17-,24-/m1/s1. The van der Waals surface area contributed by atoms with E-state index in [2.05, 4.69) is 47.1 Å². The Balaban J connectivity index is 1.50. The van der Waals surface area contributed by atoms with Crippen LogP contribution in [-0.2, 0) is 11.2 Å². The Labute approximate surface area is 176 Å². The number of aryl methyl sites for hydroxylation is 1. The minimum Gasteiger partial charge on any atom is -0.366 e. The molecule has 1 aromatic heterocycles. The van der Waals surface area contributed by atoms with Crippen molar-refractivity contribution in [1.29, 1.82) is 5.26 Å². The lowest BCUT2D eigenvalue weighted by molar-refractivity contribution is 0.0196. The molecule has 0 radical (unpaired) electrons. The van der Waals surface area contributed by atoms with Crippen molar-refractivity contribution in [1.82, 2.24) is 4.98 Å². The van der Waals surface area contributed by atoms with Gasteiger partial charge in [0, 0.05) is 36.1 Å². The van der Waals surface area contributed by atoms with Crippen LogP contribution in [0.1, 0.15) is 30.9 Å². The second-order valence-corrected chi connectivity index (χ2v) is 8.07. The minimum atomic E-state index is -0.0396. The predicted molar refractivity (Wildman–Crippen MR) is 119 cm³/mol. The Morgan fingerprint density at radius 3 is 2.87 bits per heavy atom. The van der Waals surface area contributed by atoms with E-state index < -0.39 is 0 Å². The summed E-state index contributed by atoms with van der Waals surface area (Å²) >= 11 is 0. The number of hydrogen-bond acceptors (Lipinski definition) is 5. The smallest absolute Gasteiger partial charge is 0.113 e. The van der Waals surface area contributed by atoms with Crippen LogP contribution in [0.2, 0.25) is 0 Å². The molecule has 1 fully saturated rings. The predicted octanol–water partition coefficient (Wildman–Crippen LogP) is 4.81. The summed E-state index contributed by atoms with van der Waals surface area (Å²) in [5.41, 5.74) is 5.99. The van der Waals surface area contributed by atoms with Gasteiger partial charge in [0.1, 0.15) is 12.2 Å². The number of nitrogens with zero attached hydrogens (tertiary/aromatic N) is 4. The molecule has 0 bridgehead atoms.